The third-order valence-electron chi connectivity index (χ3n) is 4.29. The lowest BCUT2D eigenvalue weighted by atomic mass is 9.96. The number of nitriles is 1. The lowest BCUT2D eigenvalue weighted by molar-refractivity contribution is -0.396. The van der Waals surface area contributed by atoms with E-state index in [-0.39, 0.29) is 19.7 Å². The van der Waals surface area contributed by atoms with Crippen molar-refractivity contribution in [3.8, 4) is 11.8 Å². The minimum Gasteiger partial charge on any atom is -0.461 e. The summed E-state index contributed by atoms with van der Waals surface area (Å²) in [5, 5.41) is 31.4. The molecule has 1 amide bonds. The number of nitro groups is 2. The summed E-state index contributed by atoms with van der Waals surface area (Å²) in [5.74, 6) is -2.01. The molecule has 1 heterocycles. The first kappa shape index (κ1) is 20.5. The predicted octanol–water partition coefficient (Wildman–Crippen LogP) is 2.94. The van der Waals surface area contributed by atoms with Gasteiger partial charge in [-0.15, -0.1) is 0 Å². The van der Waals surface area contributed by atoms with Crippen molar-refractivity contribution >= 4 is 17.5 Å². The first-order valence-electron chi connectivity index (χ1n) is 8.43. The minimum atomic E-state index is -1.68. The topological polar surface area (TPSA) is 149 Å². The third-order valence-corrected chi connectivity index (χ3v) is 4.29. The van der Waals surface area contributed by atoms with Crippen LogP contribution in [0.25, 0.3) is 0 Å². The van der Waals surface area contributed by atoms with Crippen LogP contribution in [0.1, 0.15) is 5.56 Å². The molecule has 3 rings (SSSR count). The lowest BCUT2D eigenvalue weighted by Gasteiger charge is -2.43. The molecule has 0 spiro atoms. The molecule has 30 heavy (non-hydrogen) atoms. The number of amides is 1. The van der Waals surface area contributed by atoms with E-state index in [1.807, 2.05) is 0 Å². The van der Waals surface area contributed by atoms with Crippen LogP contribution < -0.4 is 4.74 Å². The Kier molecular flexibility index (Phi) is 5.45. The van der Waals surface area contributed by atoms with Gasteiger partial charge in [-0.05, 0) is 5.56 Å². The van der Waals surface area contributed by atoms with E-state index < -0.39 is 44.5 Å². The molecule has 1 fully saturated rings. The maximum absolute atomic E-state index is 13.9. The quantitative estimate of drug-likeness (QED) is 0.515. The Morgan fingerprint density at radius 3 is 2.37 bits per heavy atom. The highest BCUT2D eigenvalue weighted by Crippen LogP contribution is 2.37. The van der Waals surface area contributed by atoms with Crippen LogP contribution in [0.15, 0.2) is 42.5 Å². The van der Waals surface area contributed by atoms with Crippen LogP contribution in [0.3, 0.4) is 0 Å². The summed E-state index contributed by atoms with van der Waals surface area (Å²) in [7, 11) is 0. The highest BCUT2D eigenvalue weighted by atomic mass is 19.1. The number of hydrogen-bond acceptors (Lipinski definition) is 8. The number of carbonyl (C=O) groups is 1. The Morgan fingerprint density at radius 1 is 1.17 bits per heavy atom. The highest BCUT2D eigenvalue weighted by Gasteiger charge is 2.50. The fourth-order valence-electron chi connectivity index (χ4n) is 2.78. The first-order valence-corrected chi connectivity index (χ1v) is 8.43. The van der Waals surface area contributed by atoms with Crippen molar-refractivity contribution in [2.75, 3.05) is 13.1 Å². The fourth-order valence-corrected chi connectivity index (χ4v) is 2.78. The lowest BCUT2D eigenvalue weighted by Crippen LogP contribution is -2.65. The minimum absolute atomic E-state index is 0.00954. The van der Waals surface area contributed by atoms with Crippen LogP contribution in [-0.2, 0) is 11.3 Å². The molecule has 1 aliphatic heterocycles. The van der Waals surface area contributed by atoms with Gasteiger partial charge in [0.25, 0.3) is 0 Å². The molecule has 0 bridgehead atoms. The van der Waals surface area contributed by atoms with Crippen molar-refractivity contribution in [3.63, 3.8) is 0 Å². The molecule has 12 heteroatoms. The van der Waals surface area contributed by atoms with Crippen LogP contribution in [0.5, 0.6) is 5.75 Å². The predicted molar refractivity (Wildman–Crippen MR) is 96.9 cm³/mol. The Balaban J connectivity index is 1.70. The van der Waals surface area contributed by atoms with Gasteiger partial charge >= 0.3 is 17.5 Å². The van der Waals surface area contributed by atoms with Gasteiger partial charge in [0, 0.05) is 6.07 Å². The molecule has 0 unspecified atom stereocenters. The monoisotopic (exact) mass is 416 g/mol. The molecular weight excluding hydrogens is 403 g/mol. The number of nitrogens with zero attached hydrogens (tertiary/aromatic N) is 4. The average Bonchev–Trinajstić information content (AvgIpc) is 2.68. The summed E-state index contributed by atoms with van der Waals surface area (Å²) >= 11 is 0. The van der Waals surface area contributed by atoms with Gasteiger partial charge in [0.2, 0.25) is 17.2 Å². The van der Waals surface area contributed by atoms with Crippen LogP contribution in [0.2, 0.25) is 0 Å². The molecule has 0 atom stereocenters. The maximum Gasteiger partial charge on any atom is 0.410 e. The van der Waals surface area contributed by atoms with Crippen molar-refractivity contribution in [3.05, 3.63) is 74.1 Å². The van der Waals surface area contributed by atoms with Crippen molar-refractivity contribution in [2.24, 2.45) is 0 Å². The number of likely N-dealkylation sites (tertiary alicyclic amines) is 1. The largest absolute Gasteiger partial charge is 0.461 e. The van der Waals surface area contributed by atoms with E-state index in [1.54, 1.807) is 36.4 Å². The SMILES string of the molecule is N#CC1(Oc2cc(F)c([N+](=O)[O-])cc2[N+](=O)[O-])CN(C(=O)OCc2ccccc2)C1. The fraction of sp³-hybridized carbons (Fsp3) is 0.222. The number of benzene rings is 2. The van der Waals surface area contributed by atoms with Gasteiger partial charge in [0.1, 0.15) is 18.7 Å². The van der Waals surface area contributed by atoms with Gasteiger partial charge in [-0.3, -0.25) is 25.1 Å². The smallest absolute Gasteiger partial charge is 0.410 e. The molecule has 0 aromatic heterocycles. The summed E-state index contributed by atoms with van der Waals surface area (Å²) in [6.07, 6.45) is -0.724. The van der Waals surface area contributed by atoms with E-state index in [1.165, 1.54) is 0 Å². The summed E-state index contributed by atoms with van der Waals surface area (Å²) in [6.45, 7) is -0.560. The van der Waals surface area contributed by atoms with Crippen molar-refractivity contribution in [1.29, 1.82) is 5.26 Å². The van der Waals surface area contributed by atoms with E-state index in [4.69, 9.17) is 9.47 Å². The molecule has 0 N–H and O–H groups in total. The van der Waals surface area contributed by atoms with E-state index >= 15 is 0 Å². The second-order valence-corrected chi connectivity index (χ2v) is 6.39. The van der Waals surface area contributed by atoms with Gasteiger partial charge < -0.3 is 9.47 Å². The number of hydrogen-bond donors (Lipinski definition) is 0. The van der Waals surface area contributed by atoms with Gasteiger partial charge in [0.15, 0.2) is 0 Å². The Morgan fingerprint density at radius 2 is 1.80 bits per heavy atom. The van der Waals surface area contributed by atoms with Crippen LogP contribution in [0.4, 0.5) is 20.6 Å². The Labute approximate surface area is 168 Å². The molecule has 11 nitrogen and oxygen atoms in total. The number of nitro benzene ring substituents is 2. The third kappa shape index (κ3) is 4.09. The molecule has 0 radical (unpaired) electrons. The average molecular weight is 416 g/mol. The molecule has 0 aliphatic carbocycles. The van der Waals surface area contributed by atoms with Crippen LogP contribution in [-0.4, -0.2) is 39.5 Å². The van der Waals surface area contributed by atoms with E-state index in [9.17, 15) is 34.7 Å². The molecular formula is C18H13FN4O7. The van der Waals surface area contributed by atoms with Gasteiger partial charge in [-0.25, -0.2) is 4.79 Å². The second-order valence-electron chi connectivity index (χ2n) is 6.39. The summed E-state index contributed by atoms with van der Waals surface area (Å²) in [4.78, 5) is 33.1. The highest BCUT2D eigenvalue weighted by molar-refractivity contribution is 5.70. The molecule has 0 saturated carbocycles. The van der Waals surface area contributed by atoms with E-state index in [2.05, 4.69) is 0 Å². The van der Waals surface area contributed by atoms with Crippen LogP contribution in [0, 0.1) is 37.4 Å². The Hall–Kier alpha value is -4.27. The Bertz CT molecular complexity index is 1050. The molecule has 154 valence electrons. The van der Waals surface area contributed by atoms with Gasteiger partial charge in [-0.1, -0.05) is 30.3 Å². The number of halogens is 1. The number of rotatable bonds is 6. The zero-order valence-corrected chi connectivity index (χ0v) is 15.2. The normalized spacial score (nSPS) is 14.2. The standard InChI is InChI=1S/C18H13FN4O7/c19-13-6-16(15(23(27)28)7-14(13)22(25)26)30-18(9-20)10-21(11-18)17(24)29-8-12-4-2-1-3-5-12/h1-7H,8,10-11H2. The summed E-state index contributed by atoms with van der Waals surface area (Å²) in [5.41, 5.74) is -2.90. The summed E-state index contributed by atoms with van der Waals surface area (Å²) < 4.78 is 24.3. The number of ether oxygens (including phenoxy) is 2. The van der Waals surface area contributed by atoms with Crippen molar-refractivity contribution in [2.45, 2.75) is 12.2 Å². The molecule has 2 aromatic carbocycles. The van der Waals surface area contributed by atoms with Crippen LogP contribution >= 0.6 is 0 Å². The molecule has 1 saturated heterocycles. The zero-order chi connectivity index (χ0) is 21.9. The van der Waals surface area contributed by atoms with Crippen molar-refractivity contribution in [1.82, 2.24) is 4.90 Å². The van der Waals surface area contributed by atoms with E-state index in [0.29, 0.717) is 12.1 Å². The molecule has 1 aliphatic rings. The van der Waals surface area contributed by atoms with E-state index in [0.717, 1.165) is 10.5 Å². The first-order chi connectivity index (χ1) is 14.2. The van der Waals surface area contributed by atoms with Gasteiger partial charge in [0.05, 0.1) is 22.9 Å². The molecule has 2 aromatic rings. The number of carbonyl (C=O) groups excluding carboxylic acids is 1. The van der Waals surface area contributed by atoms with Gasteiger partial charge in [-0.2, -0.15) is 9.65 Å². The second kappa shape index (κ2) is 8.00. The summed E-state index contributed by atoms with van der Waals surface area (Å²) in [6, 6.07) is 11.6. The zero-order valence-electron chi connectivity index (χ0n) is 15.2. The maximum atomic E-state index is 13.9. The van der Waals surface area contributed by atoms with Crippen molar-refractivity contribution < 1.29 is 28.5 Å².